The van der Waals surface area contributed by atoms with Crippen LogP contribution in [0.2, 0.25) is 0 Å². The molecule has 0 spiro atoms. The Balaban J connectivity index is 1.74. The van der Waals surface area contributed by atoms with Crippen molar-refractivity contribution in [3.05, 3.63) is 30.6 Å². The fourth-order valence-corrected chi connectivity index (χ4v) is 2.35. The summed E-state index contributed by atoms with van der Waals surface area (Å²) >= 11 is 0. The average molecular weight is 299 g/mol. The van der Waals surface area contributed by atoms with Crippen LogP contribution in [0.1, 0.15) is 13.3 Å². The zero-order chi connectivity index (χ0) is 15.2. The maximum absolute atomic E-state index is 5.36. The number of morpholine rings is 1. The first-order valence-corrected chi connectivity index (χ1v) is 7.73. The molecule has 2 aromatic heterocycles. The molecule has 3 rings (SSSR count). The normalized spacial score (nSPS) is 14.9. The topological polar surface area (TPSA) is 63.2 Å². The summed E-state index contributed by atoms with van der Waals surface area (Å²) in [5, 5.41) is 3.27. The number of nitrogens with zero attached hydrogens (tertiary/aromatic N) is 4. The second-order valence-electron chi connectivity index (χ2n) is 5.20. The third kappa shape index (κ3) is 3.51. The van der Waals surface area contributed by atoms with E-state index in [0.717, 1.165) is 56.5 Å². The van der Waals surface area contributed by atoms with E-state index in [9.17, 15) is 0 Å². The van der Waals surface area contributed by atoms with Crippen molar-refractivity contribution in [1.29, 1.82) is 0 Å². The molecule has 0 bridgehead atoms. The van der Waals surface area contributed by atoms with Crippen LogP contribution in [0.5, 0.6) is 0 Å². The van der Waals surface area contributed by atoms with Gasteiger partial charge in [-0.2, -0.15) is 0 Å². The first kappa shape index (κ1) is 14.7. The minimum atomic E-state index is 0.696. The van der Waals surface area contributed by atoms with Crippen molar-refractivity contribution in [1.82, 2.24) is 15.0 Å². The largest absolute Gasteiger partial charge is 0.378 e. The van der Waals surface area contributed by atoms with Crippen molar-refractivity contribution in [3.8, 4) is 11.4 Å². The molecule has 0 unspecified atom stereocenters. The minimum absolute atomic E-state index is 0.696. The molecule has 0 amide bonds. The molecule has 1 aliphatic rings. The van der Waals surface area contributed by atoms with Crippen LogP contribution in [0, 0.1) is 0 Å². The number of aromatic nitrogens is 3. The molecule has 0 aromatic carbocycles. The monoisotopic (exact) mass is 299 g/mol. The molecule has 6 nitrogen and oxygen atoms in total. The number of nitrogens with one attached hydrogen (secondary N) is 1. The van der Waals surface area contributed by atoms with Crippen LogP contribution in [0.15, 0.2) is 30.6 Å². The summed E-state index contributed by atoms with van der Waals surface area (Å²) in [7, 11) is 0. The number of hydrogen-bond donors (Lipinski definition) is 1. The van der Waals surface area contributed by atoms with Gasteiger partial charge in [-0.3, -0.25) is 0 Å². The Hall–Kier alpha value is -2.21. The smallest absolute Gasteiger partial charge is 0.163 e. The van der Waals surface area contributed by atoms with Crippen LogP contribution in [0.25, 0.3) is 11.4 Å². The fourth-order valence-electron chi connectivity index (χ4n) is 2.35. The lowest BCUT2D eigenvalue weighted by Gasteiger charge is -2.27. The maximum atomic E-state index is 5.36. The molecular weight excluding hydrogens is 278 g/mol. The SMILES string of the molecule is CCCNc1ccnc(-c2ccc(N3CCOCC3)nc2)n1. The van der Waals surface area contributed by atoms with Crippen molar-refractivity contribution in [2.45, 2.75) is 13.3 Å². The van der Waals surface area contributed by atoms with E-state index in [-0.39, 0.29) is 0 Å². The average Bonchev–Trinajstić information content (AvgIpc) is 2.61. The van der Waals surface area contributed by atoms with Crippen LogP contribution in [-0.2, 0) is 4.74 Å². The van der Waals surface area contributed by atoms with Gasteiger partial charge >= 0.3 is 0 Å². The predicted molar refractivity (Wildman–Crippen MR) is 87.1 cm³/mol. The van der Waals surface area contributed by atoms with E-state index < -0.39 is 0 Å². The first-order valence-electron chi connectivity index (χ1n) is 7.73. The highest BCUT2D eigenvalue weighted by molar-refractivity contribution is 5.58. The lowest BCUT2D eigenvalue weighted by Crippen LogP contribution is -2.36. The molecular formula is C16H21N5O. The molecule has 0 atom stereocenters. The van der Waals surface area contributed by atoms with Gasteiger partial charge in [0, 0.05) is 37.6 Å². The Morgan fingerprint density at radius 1 is 1.18 bits per heavy atom. The third-order valence-electron chi connectivity index (χ3n) is 3.55. The van der Waals surface area contributed by atoms with Crippen molar-refractivity contribution in [3.63, 3.8) is 0 Å². The van der Waals surface area contributed by atoms with Gasteiger partial charge in [0.05, 0.1) is 13.2 Å². The summed E-state index contributed by atoms with van der Waals surface area (Å²) in [5.41, 5.74) is 0.928. The second kappa shape index (κ2) is 7.17. The lowest BCUT2D eigenvalue weighted by molar-refractivity contribution is 0.122. The zero-order valence-corrected chi connectivity index (χ0v) is 12.8. The molecule has 3 heterocycles. The Bertz CT molecular complexity index is 596. The van der Waals surface area contributed by atoms with Gasteiger partial charge in [-0.05, 0) is 24.6 Å². The Morgan fingerprint density at radius 2 is 2.05 bits per heavy atom. The number of pyridine rings is 1. The standard InChI is InChI=1S/C16H21N5O/c1-2-6-17-14-5-7-18-16(20-14)13-3-4-15(19-12-13)21-8-10-22-11-9-21/h3-5,7,12H,2,6,8-11H2,1H3,(H,17,18,20). The molecule has 0 radical (unpaired) electrons. The lowest BCUT2D eigenvalue weighted by atomic mass is 10.2. The van der Waals surface area contributed by atoms with E-state index in [1.807, 2.05) is 24.4 Å². The molecule has 2 aromatic rings. The van der Waals surface area contributed by atoms with Crippen molar-refractivity contribution in [2.24, 2.45) is 0 Å². The van der Waals surface area contributed by atoms with Gasteiger partial charge in [-0.1, -0.05) is 6.92 Å². The summed E-state index contributed by atoms with van der Waals surface area (Å²) in [6, 6.07) is 5.93. The zero-order valence-electron chi connectivity index (χ0n) is 12.8. The minimum Gasteiger partial charge on any atom is -0.378 e. The van der Waals surface area contributed by atoms with E-state index in [1.165, 1.54) is 0 Å². The Labute approximate surface area is 130 Å². The molecule has 116 valence electrons. The summed E-state index contributed by atoms with van der Waals surface area (Å²) in [5.74, 6) is 2.53. The number of hydrogen-bond acceptors (Lipinski definition) is 6. The van der Waals surface area contributed by atoms with Gasteiger partial charge in [-0.15, -0.1) is 0 Å². The van der Waals surface area contributed by atoms with Gasteiger partial charge in [0.25, 0.3) is 0 Å². The van der Waals surface area contributed by atoms with Gasteiger partial charge in [0.2, 0.25) is 0 Å². The summed E-state index contributed by atoms with van der Waals surface area (Å²) in [6.45, 7) is 6.34. The number of ether oxygens (including phenoxy) is 1. The van der Waals surface area contributed by atoms with Crippen molar-refractivity contribution < 1.29 is 4.74 Å². The first-order chi connectivity index (χ1) is 10.9. The summed E-state index contributed by atoms with van der Waals surface area (Å²) < 4.78 is 5.36. The number of rotatable bonds is 5. The van der Waals surface area contributed by atoms with E-state index in [4.69, 9.17) is 4.74 Å². The van der Waals surface area contributed by atoms with E-state index in [1.54, 1.807) is 6.20 Å². The highest BCUT2D eigenvalue weighted by Crippen LogP contribution is 2.19. The molecule has 6 heteroatoms. The molecule has 1 fully saturated rings. The van der Waals surface area contributed by atoms with E-state index in [0.29, 0.717) is 5.82 Å². The van der Waals surface area contributed by atoms with Crippen LogP contribution >= 0.6 is 0 Å². The summed E-state index contributed by atoms with van der Waals surface area (Å²) in [4.78, 5) is 15.6. The third-order valence-corrected chi connectivity index (χ3v) is 3.55. The molecule has 22 heavy (non-hydrogen) atoms. The van der Waals surface area contributed by atoms with E-state index >= 15 is 0 Å². The van der Waals surface area contributed by atoms with Crippen molar-refractivity contribution in [2.75, 3.05) is 43.1 Å². The Kier molecular flexibility index (Phi) is 4.80. The molecule has 1 saturated heterocycles. The van der Waals surface area contributed by atoms with Crippen LogP contribution < -0.4 is 10.2 Å². The van der Waals surface area contributed by atoms with Gasteiger partial charge in [0.15, 0.2) is 5.82 Å². The fraction of sp³-hybridized carbons (Fsp3) is 0.438. The maximum Gasteiger partial charge on any atom is 0.163 e. The molecule has 0 aliphatic carbocycles. The molecule has 0 saturated carbocycles. The van der Waals surface area contributed by atoms with Gasteiger partial charge in [0.1, 0.15) is 11.6 Å². The van der Waals surface area contributed by atoms with Gasteiger partial charge < -0.3 is 15.0 Å². The van der Waals surface area contributed by atoms with Crippen molar-refractivity contribution >= 4 is 11.6 Å². The number of anilines is 2. The quantitative estimate of drug-likeness (QED) is 0.913. The molecule has 1 N–H and O–H groups in total. The second-order valence-corrected chi connectivity index (χ2v) is 5.20. The highest BCUT2D eigenvalue weighted by Gasteiger charge is 2.12. The summed E-state index contributed by atoms with van der Waals surface area (Å²) in [6.07, 6.45) is 4.68. The van der Waals surface area contributed by atoms with Crippen LogP contribution in [0.4, 0.5) is 11.6 Å². The van der Waals surface area contributed by atoms with Gasteiger partial charge in [-0.25, -0.2) is 15.0 Å². The van der Waals surface area contributed by atoms with Crippen LogP contribution in [0.3, 0.4) is 0 Å². The van der Waals surface area contributed by atoms with Crippen LogP contribution in [-0.4, -0.2) is 47.8 Å². The molecule has 1 aliphatic heterocycles. The predicted octanol–water partition coefficient (Wildman–Crippen LogP) is 2.20. The highest BCUT2D eigenvalue weighted by atomic mass is 16.5. The Morgan fingerprint density at radius 3 is 2.77 bits per heavy atom. The van der Waals surface area contributed by atoms with E-state index in [2.05, 4.69) is 32.1 Å².